The summed E-state index contributed by atoms with van der Waals surface area (Å²) in [5, 5.41) is 6.37. The van der Waals surface area contributed by atoms with Gasteiger partial charge in [-0.05, 0) is 78.2 Å². The lowest BCUT2D eigenvalue weighted by Gasteiger charge is -2.13. The largest absolute Gasteiger partial charge is 0.490 e. The van der Waals surface area contributed by atoms with Crippen molar-refractivity contribution in [2.45, 2.75) is 30.8 Å². The van der Waals surface area contributed by atoms with Gasteiger partial charge in [-0.1, -0.05) is 5.16 Å². The number of nitrogens with one attached hydrogen (secondary N) is 2. The molecule has 0 bridgehead atoms. The van der Waals surface area contributed by atoms with Crippen LogP contribution >= 0.6 is 15.9 Å². The third kappa shape index (κ3) is 5.92. The monoisotopic (exact) mass is 535 g/mol. The van der Waals surface area contributed by atoms with Crippen molar-refractivity contribution >= 4 is 43.4 Å². The molecule has 0 aliphatic carbocycles. The Kier molecular flexibility index (Phi) is 7.01. The molecule has 1 aliphatic heterocycles. The van der Waals surface area contributed by atoms with Gasteiger partial charge in [0.2, 0.25) is 0 Å². The first-order chi connectivity index (χ1) is 15.8. The van der Waals surface area contributed by atoms with Crippen LogP contribution in [0.3, 0.4) is 0 Å². The van der Waals surface area contributed by atoms with Crippen molar-refractivity contribution in [1.82, 2.24) is 5.16 Å². The molecule has 1 amide bonds. The van der Waals surface area contributed by atoms with Gasteiger partial charge in [-0.2, -0.15) is 0 Å². The minimum absolute atomic E-state index is 0.0247. The van der Waals surface area contributed by atoms with Crippen LogP contribution in [-0.2, 0) is 14.8 Å². The standard InChI is InChI=1S/C22H22BrN3O6S/c1-14-11-21(25-32-14)26-33(28,29)18-7-5-16(6-8-18)24-22(27)15-4-9-20(19(23)12-15)31-13-17-3-2-10-30-17/h4-9,11-12,17H,2-3,10,13H2,1H3,(H,24,27)(H,25,26). The first-order valence-corrected chi connectivity index (χ1v) is 12.5. The van der Waals surface area contributed by atoms with E-state index in [1.807, 2.05) is 0 Å². The smallest absolute Gasteiger partial charge is 0.263 e. The van der Waals surface area contributed by atoms with Crippen molar-refractivity contribution in [1.29, 1.82) is 0 Å². The average Bonchev–Trinajstić information content (AvgIpc) is 3.44. The van der Waals surface area contributed by atoms with Gasteiger partial charge in [0, 0.05) is 23.9 Å². The number of carbonyl (C=O) groups is 1. The number of carbonyl (C=O) groups excluding carboxylic acids is 1. The van der Waals surface area contributed by atoms with Gasteiger partial charge in [-0.25, -0.2) is 8.42 Å². The van der Waals surface area contributed by atoms with E-state index in [2.05, 4.69) is 31.1 Å². The van der Waals surface area contributed by atoms with Crippen molar-refractivity contribution < 1.29 is 27.2 Å². The molecule has 0 saturated carbocycles. The number of hydrogen-bond donors (Lipinski definition) is 2. The zero-order chi connectivity index (χ0) is 23.4. The van der Waals surface area contributed by atoms with Crippen LogP contribution in [0.1, 0.15) is 29.0 Å². The Hall–Kier alpha value is -2.89. The maximum atomic E-state index is 12.6. The first kappa shape index (κ1) is 23.3. The highest BCUT2D eigenvalue weighted by atomic mass is 79.9. The van der Waals surface area contributed by atoms with Gasteiger partial charge in [0.25, 0.3) is 15.9 Å². The van der Waals surface area contributed by atoms with E-state index in [0.29, 0.717) is 33.8 Å². The van der Waals surface area contributed by atoms with E-state index >= 15 is 0 Å². The molecule has 2 N–H and O–H groups in total. The number of sulfonamides is 1. The van der Waals surface area contributed by atoms with Gasteiger partial charge in [0.05, 0.1) is 15.5 Å². The lowest BCUT2D eigenvalue weighted by atomic mass is 10.2. The molecule has 3 aromatic rings. The summed E-state index contributed by atoms with van der Waals surface area (Å²) < 4.78 is 44.1. The molecular weight excluding hydrogens is 514 g/mol. The van der Waals surface area contributed by atoms with Crippen LogP contribution in [0.5, 0.6) is 5.75 Å². The summed E-state index contributed by atoms with van der Waals surface area (Å²) in [6.07, 6.45) is 2.12. The Balaban J connectivity index is 1.37. The molecule has 33 heavy (non-hydrogen) atoms. The summed E-state index contributed by atoms with van der Waals surface area (Å²) >= 11 is 3.44. The van der Waals surface area contributed by atoms with Crippen LogP contribution < -0.4 is 14.8 Å². The summed E-state index contributed by atoms with van der Waals surface area (Å²) in [6.45, 7) is 2.89. The molecule has 11 heteroatoms. The van der Waals surface area contributed by atoms with Gasteiger partial charge >= 0.3 is 0 Å². The summed E-state index contributed by atoms with van der Waals surface area (Å²) in [6, 6.07) is 12.3. The molecule has 4 rings (SSSR count). The fourth-order valence-electron chi connectivity index (χ4n) is 3.25. The lowest BCUT2D eigenvalue weighted by Crippen LogP contribution is -2.17. The molecule has 2 aromatic carbocycles. The maximum absolute atomic E-state index is 12.6. The fourth-order valence-corrected chi connectivity index (χ4v) is 4.73. The number of anilines is 2. The van der Waals surface area contributed by atoms with E-state index in [1.165, 1.54) is 30.3 Å². The molecule has 1 aromatic heterocycles. The van der Waals surface area contributed by atoms with Crippen molar-refractivity contribution in [3.63, 3.8) is 0 Å². The molecule has 174 valence electrons. The van der Waals surface area contributed by atoms with Crippen molar-refractivity contribution in [2.24, 2.45) is 0 Å². The zero-order valence-electron chi connectivity index (χ0n) is 17.7. The number of aryl methyl sites for hydroxylation is 1. The van der Waals surface area contributed by atoms with E-state index in [1.54, 1.807) is 25.1 Å². The molecule has 1 aliphatic rings. The molecule has 1 atom stereocenters. The highest BCUT2D eigenvalue weighted by Crippen LogP contribution is 2.27. The molecule has 1 fully saturated rings. The average molecular weight is 536 g/mol. The van der Waals surface area contributed by atoms with Crippen LogP contribution in [0.2, 0.25) is 0 Å². The van der Waals surface area contributed by atoms with Crippen molar-refractivity contribution in [3.8, 4) is 5.75 Å². The number of amides is 1. The highest BCUT2D eigenvalue weighted by Gasteiger charge is 2.18. The van der Waals surface area contributed by atoms with Crippen LogP contribution in [-0.4, -0.2) is 38.8 Å². The minimum Gasteiger partial charge on any atom is -0.490 e. The van der Waals surface area contributed by atoms with Crippen LogP contribution in [0, 0.1) is 6.92 Å². The normalized spacial score (nSPS) is 15.9. The zero-order valence-corrected chi connectivity index (χ0v) is 20.1. The molecule has 0 spiro atoms. The SMILES string of the molecule is Cc1cc(NS(=O)(=O)c2ccc(NC(=O)c3ccc(OCC4CCCO4)c(Br)c3)cc2)no1. The fraction of sp³-hybridized carbons (Fsp3) is 0.273. The summed E-state index contributed by atoms with van der Waals surface area (Å²) in [4.78, 5) is 12.7. The Bertz CT molecular complexity index is 1240. The third-order valence-electron chi connectivity index (χ3n) is 4.93. The Labute approximate surface area is 199 Å². The predicted molar refractivity (Wildman–Crippen MR) is 125 cm³/mol. The van der Waals surface area contributed by atoms with Crippen LogP contribution in [0.4, 0.5) is 11.5 Å². The van der Waals surface area contributed by atoms with E-state index in [9.17, 15) is 13.2 Å². The van der Waals surface area contributed by atoms with Gasteiger partial charge in [-0.3, -0.25) is 9.52 Å². The molecule has 2 heterocycles. The van der Waals surface area contributed by atoms with E-state index < -0.39 is 10.0 Å². The Morgan fingerprint density at radius 1 is 1.21 bits per heavy atom. The second-order valence-corrected chi connectivity index (χ2v) is 10.0. The second-order valence-electron chi connectivity index (χ2n) is 7.50. The quantitative estimate of drug-likeness (QED) is 0.439. The highest BCUT2D eigenvalue weighted by molar-refractivity contribution is 9.10. The number of ether oxygens (including phenoxy) is 2. The molecule has 1 saturated heterocycles. The Morgan fingerprint density at radius 2 is 2.00 bits per heavy atom. The molecule has 0 radical (unpaired) electrons. The number of aromatic nitrogens is 1. The number of hydrogen-bond acceptors (Lipinski definition) is 7. The maximum Gasteiger partial charge on any atom is 0.263 e. The van der Waals surface area contributed by atoms with Gasteiger partial charge in [0.1, 0.15) is 18.1 Å². The second kappa shape index (κ2) is 9.94. The summed E-state index contributed by atoms with van der Waals surface area (Å²) in [5.74, 6) is 0.873. The summed E-state index contributed by atoms with van der Waals surface area (Å²) in [7, 11) is -3.83. The topological polar surface area (TPSA) is 120 Å². The van der Waals surface area contributed by atoms with E-state index in [4.69, 9.17) is 14.0 Å². The van der Waals surface area contributed by atoms with Crippen LogP contribution in [0.15, 0.2) is 62.4 Å². The van der Waals surface area contributed by atoms with Crippen molar-refractivity contribution in [3.05, 3.63) is 64.3 Å². The third-order valence-corrected chi connectivity index (χ3v) is 6.92. The van der Waals surface area contributed by atoms with E-state index in [0.717, 1.165) is 19.4 Å². The predicted octanol–water partition coefficient (Wildman–Crippen LogP) is 4.36. The number of rotatable bonds is 8. The minimum atomic E-state index is -3.83. The Morgan fingerprint density at radius 3 is 2.64 bits per heavy atom. The summed E-state index contributed by atoms with van der Waals surface area (Å²) in [5.41, 5.74) is 0.872. The van der Waals surface area contributed by atoms with Gasteiger partial charge in [0.15, 0.2) is 5.82 Å². The number of halogens is 1. The van der Waals surface area contributed by atoms with Gasteiger partial charge in [-0.15, -0.1) is 0 Å². The molecule has 1 unspecified atom stereocenters. The van der Waals surface area contributed by atoms with Gasteiger partial charge < -0.3 is 19.3 Å². The lowest BCUT2D eigenvalue weighted by molar-refractivity contribution is 0.0677. The number of benzene rings is 2. The molecule has 9 nitrogen and oxygen atoms in total. The van der Waals surface area contributed by atoms with E-state index in [-0.39, 0.29) is 22.7 Å². The molecular formula is C22H22BrN3O6S. The van der Waals surface area contributed by atoms with Crippen molar-refractivity contribution in [2.75, 3.05) is 23.3 Å². The van der Waals surface area contributed by atoms with Crippen LogP contribution in [0.25, 0.3) is 0 Å². The first-order valence-electron chi connectivity index (χ1n) is 10.2. The number of nitrogens with zero attached hydrogens (tertiary/aromatic N) is 1.